The predicted octanol–water partition coefficient (Wildman–Crippen LogP) is 3.13. The van der Waals surface area contributed by atoms with Crippen LogP contribution in [-0.4, -0.2) is 23.6 Å². The van der Waals surface area contributed by atoms with Crippen molar-refractivity contribution < 1.29 is 9.53 Å². The highest BCUT2D eigenvalue weighted by molar-refractivity contribution is 5.96. The van der Waals surface area contributed by atoms with Crippen LogP contribution in [0.3, 0.4) is 0 Å². The van der Waals surface area contributed by atoms with E-state index in [0.29, 0.717) is 17.2 Å². The predicted molar refractivity (Wildman–Crippen MR) is 88.8 cm³/mol. The minimum absolute atomic E-state index is 0.0215. The lowest BCUT2D eigenvalue weighted by molar-refractivity contribution is 0.0923. The molecule has 0 aliphatic carbocycles. The Balaban J connectivity index is 2.40. The minimum Gasteiger partial charge on any atom is -0.497 e. The topological polar surface area (TPSA) is 67.0 Å². The molecule has 0 bridgehead atoms. The van der Waals surface area contributed by atoms with E-state index in [2.05, 4.69) is 11.4 Å². The molecule has 0 saturated heterocycles. The number of carbonyl (C=O) groups excluding carboxylic acids is 1. The SMILES string of the molecule is COc1ccc(-n2ccc(C#N)c2C(=O)NC(C)C(C)C)cc1. The van der Waals surface area contributed by atoms with Crippen LogP contribution in [0.2, 0.25) is 0 Å². The summed E-state index contributed by atoms with van der Waals surface area (Å²) in [6.07, 6.45) is 1.73. The number of aromatic nitrogens is 1. The van der Waals surface area contributed by atoms with Gasteiger partial charge in [0.05, 0.1) is 12.7 Å². The van der Waals surface area contributed by atoms with Gasteiger partial charge in [-0.1, -0.05) is 13.8 Å². The highest BCUT2D eigenvalue weighted by atomic mass is 16.5. The van der Waals surface area contributed by atoms with Crippen molar-refractivity contribution in [1.82, 2.24) is 9.88 Å². The third-order valence-electron chi connectivity index (χ3n) is 3.93. The summed E-state index contributed by atoms with van der Waals surface area (Å²) in [4.78, 5) is 12.6. The van der Waals surface area contributed by atoms with Crippen LogP contribution >= 0.6 is 0 Å². The van der Waals surface area contributed by atoms with E-state index >= 15 is 0 Å². The van der Waals surface area contributed by atoms with E-state index in [1.165, 1.54) is 0 Å². The van der Waals surface area contributed by atoms with Crippen molar-refractivity contribution in [2.75, 3.05) is 7.11 Å². The zero-order chi connectivity index (χ0) is 17.0. The van der Waals surface area contributed by atoms with Gasteiger partial charge in [0.25, 0.3) is 5.91 Å². The monoisotopic (exact) mass is 311 g/mol. The number of amides is 1. The van der Waals surface area contributed by atoms with Gasteiger partial charge in [0.15, 0.2) is 0 Å². The summed E-state index contributed by atoms with van der Waals surface area (Å²) in [6, 6.07) is 11.1. The van der Waals surface area contributed by atoms with Crippen LogP contribution < -0.4 is 10.1 Å². The molecule has 0 aliphatic rings. The number of nitrogens with zero attached hydrogens (tertiary/aromatic N) is 2. The van der Waals surface area contributed by atoms with Crippen LogP contribution in [0.25, 0.3) is 5.69 Å². The third kappa shape index (κ3) is 3.54. The van der Waals surface area contributed by atoms with Crippen LogP contribution in [0.5, 0.6) is 5.75 Å². The average molecular weight is 311 g/mol. The van der Waals surface area contributed by atoms with Gasteiger partial charge in [-0.2, -0.15) is 5.26 Å². The van der Waals surface area contributed by atoms with Gasteiger partial charge in [0.1, 0.15) is 17.5 Å². The van der Waals surface area contributed by atoms with Crippen LogP contribution in [0.4, 0.5) is 0 Å². The van der Waals surface area contributed by atoms with E-state index in [0.717, 1.165) is 11.4 Å². The minimum atomic E-state index is -0.247. The van der Waals surface area contributed by atoms with Crippen LogP contribution in [0.1, 0.15) is 36.8 Å². The molecule has 1 aromatic carbocycles. The summed E-state index contributed by atoms with van der Waals surface area (Å²) >= 11 is 0. The third-order valence-corrected chi connectivity index (χ3v) is 3.93. The molecule has 0 fully saturated rings. The number of rotatable bonds is 5. The molecule has 0 spiro atoms. The standard InChI is InChI=1S/C18H21N3O2/c1-12(2)13(3)20-18(22)17-14(11-19)9-10-21(17)15-5-7-16(23-4)8-6-15/h5-10,12-13H,1-4H3,(H,20,22). The van der Waals surface area contributed by atoms with Crippen LogP contribution in [0.15, 0.2) is 36.5 Å². The van der Waals surface area contributed by atoms with E-state index in [4.69, 9.17) is 4.74 Å². The second-order valence-corrected chi connectivity index (χ2v) is 5.76. The Morgan fingerprint density at radius 1 is 1.22 bits per heavy atom. The van der Waals surface area contributed by atoms with Crippen molar-refractivity contribution >= 4 is 5.91 Å². The maximum absolute atomic E-state index is 12.6. The molecule has 1 amide bonds. The maximum Gasteiger partial charge on any atom is 0.269 e. The maximum atomic E-state index is 12.6. The Morgan fingerprint density at radius 3 is 2.39 bits per heavy atom. The number of methoxy groups -OCH3 is 1. The molecule has 2 aromatic rings. The Hall–Kier alpha value is -2.74. The van der Waals surface area contributed by atoms with Crippen molar-refractivity contribution in [1.29, 1.82) is 5.26 Å². The first-order valence-electron chi connectivity index (χ1n) is 7.54. The van der Waals surface area contributed by atoms with Gasteiger partial charge < -0.3 is 14.6 Å². The average Bonchev–Trinajstić information content (AvgIpc) is 2.98. The second kappa shape index (κ2) is 7.01. The van der Waals surface area contributed by atoms with Gasteiger partial charge in [-0.05, 0) is 43.2 Å². The van der Waals surface area contributed by atoms with E-state index in [1.807, 2.05) is 45.0 Å². The lowest BCUT2D eigenvalue weighted by Gasteiger charge is -2.18. The first-order valence-corrected chi connectivity index (χ1v) is 7.54. The summed E-state index contributed by atoms with van der Waals surface area (Å²) in [7, 11) is 1.60. The van der Waals surface area contributed by atoms with Crippen molar-refractivity contribution in [3.8, 4) is 17.5 Å². The van der Waals surface area contributed by atoms with E-state index < -0.39 is 0 Å². The highest BCUT2D eigenvalue weighted by Gasteiger charge is 2.20. The molecular weight excluding hydrogens is 290 g/mol. The van der Waals surface area contributed by atoms with Crippen molar-refractivity contribution in [2.45, 2.75) is 26.8 Å². The van der Waals surface area contributed by atoms with Gasteiger partial charge in [-0.25, -0.2) is 0 Å². The Bertz CT molecular complexity index is 724. The molecule has 23 heavy (non-hydrogen) atoms. The number of nitriles is 1. The van der Waals surface area contributed by atoms with Crippen molar-refractivity contribution in [3.63, 3.8) is 0 Å². The Labute approximate surface area is 136 Å². The van der Waals surface area contributed by atoms with E-state index in [9.17, 15) is 10.1 Å². The van der Waals surface area contributed by atoms with Gasteiger partial charge in [-0.3, -0.25) is 4.79 Å². The Kier molecular flexibility index (Phi) is 5.07. The number of nitrogens with one attached hydrogen (secondary N) is 1. The number of carbonyl (C=O) groups is 1. The fraction of sp³-hybridized carbons (Fsp3) is 0.333. The molecule has 5 nitrogen and oxygen atoms in total. The van der Waals surface area contributed by atoms with Gasteiger partial charge in [0.2, 0.25) is 0 Å². The first-order chi connectivity index (χ1) is 11.0. The van der Waals surface area contributed by atoms with Crippen LogP contribution in [-0.2, 0) is 0 Å². The lowest BCUT2D eigenvalue weighted by atomic mass is 10.1. The normalized spacial score (nSPS) is 11.8. The molecule has 1 aromatic heterocycles. The number of hydrogen-bond acceptors (Lipinski definition) is 3. The van der Waals surface area contributed by atoms with Crippen LogP contribution in [0, 0.1) is 17.2 Å². The summed E-state index contributed by atoms with van der Waals surface area (Å²) in [6.45, 7) is 6.03. The number of ether oxygens (including phenoxy) is 1. The van der Waals surface area contributed by atoms with Crippen molar-refractivity contribution in [2.24, 2.45) is 5.92 Å². The Morgan fingerprint density at radius 2 is 1.87 bits per heavy atom. The molecule has 0 saturated carbocycles. The molecule has 2 rings (SSSR count). The fourth-order valence-electron chi connectivity index (χ4n) is 2.15. The largest absolute Gasteiger partial charge is 0.497 e. The summed E-state index contributed by atoms with van der Waals surface area (Å²) < 4.78 is 6.87. The molecule has 1 atom stereocenters. The van der Waals surface area contributed by atoms with E-state index in [1.54, 1.807) is 23.9 Å². The fourth-order valence-corrected chi connectivity index (χ4v) is 2.15. The number of benzene rings is 1. The zero-order valence-electron chi connectivity index (χ0n) is 13.8. The summed E-state index contributed by atoms with van der Waals surface area (Å²) in [5.41, 5.74) is 1.51. The first kappa shape index (κ1) is 16.6. The highest BCUT2D eigenvalue weighted by Crippen LogP contribution is 2.20. The molecule has 120 valence electrons. The molecular formula is C18H21N3O2. The lowest BCUT2D eigenvalue weighted by Crippen LogP contribution is -2.37. The molecule has 1 heterocycles. The molecule has 1 unspecified atom stereocenters. The summed E-state index contributed by atoms with van der Waals surface area (Å²) in [5, 5.41) is 12.2. The smallest absolute Gasteiger partial charge is 0.269 e. The quantitative estimate of drug-likeness (QED) is 0.922. The molecule has 0 radical (unpaired) electrons. The zero-order valence-corrected chi connectivity index (χ0v) is 13.8. The summed E-state index contributed by atoms with van der Waals surface area (Å²) in [5.74, 6) is 0.804. The van der Waals surface area contributed by atoms with Gasteiger partial charge in [0, 0.05) is 17.9 Å². The van der Waals surface area contributed by atoms with Gasteiger partial charge in [-0.15, -0.1) is 0 Å². The molecule has 0 aliphatic heterocycles. The second-order valence-electron chi connectivity index (χ2n) is 5.76. The van der Waals surface area contributed by atoms with Crippen molar-refractivity contribution in [3.05, 3.63) is 47.8 Å². The molecule has 1 N–H and O–H groups in total. The van der Waals surface area contributed by atoms with E-state index in [-0.39, 0.29) is 11.9 Å². The molecule has 5 heteroatoms. The number of hydrogen-bond donors (Lipinski definition) is 1. The van der Waals surface area contributed by atoms with Gasteiger partial charge >= 0.3 is 0 Å².